The minimum absolute atomic E-state index is 0.0120. The molecule has 2 amide bonds. The largest absolute Gasteiger partial charge is 0.483 e. The van der Waals surface area contributed by atoms with E-state index in [2.05, 4.69) is 0 Å². The van der Waals surface area contributed by atoms with Crippen LogP contribution in [0.15, 0.2) is 18.2 Å². The molecule has 1 fully saturated rings. The van der Waals surface area contributed by atoms with Crippen LogP contribution in [0.4, 0.5) is 4.79 Å². The van der Waals surface area contributed by atoms with Crippen LogP contribution in [0.25, 0.3) is 0 Å². The quantitative estimate of drug-likeness (QED) is 0.843. The number of para-hydroxylation sites is 1. The van der Waals surface area contributed by atoms with Crippen LogP contribution >= 0.6 is 0 Å². The van der Waals surface area contributed by atoms with Crippen LogP contribution in [0, 0.1) is 13.8 Å². The van der Waals surface area contributed by atoms with Crippen molar-refractivity contribution in [3.8, 4) is 5.75 Å². The van der Waals surface area contributed by atoms with Crippen molar-refractivity contribution >= 4 is 12.0 Å². The number of carbonyl (C=O) groups is 2. The summed E-state index contributed by atoms with van der Waals surface area (Å²) in [5.74, 6) is 0.703. The first-order chi connectivity index (χ1) is 11.7. The number of amides is 2. The minimum Gasteiger partial charge on any atom is -0.483 e. The molecule has 0 aliphatic carbocycles. The number of benzene rings is 1. The summed E-state index contributed by atoms with van der Waals surface area (Å²) in [4.78, 5) is 27.8. The molecule has 1 saturated heterocycles. The van der Waals surface area contributed by atoms with E-state index in [1.165, 1.54) is 0 Å². The van der Waals surface area contributed by atoms with E-state index in [9.17, 15) is 9.59 Å². The fourth-order valence-corrected chi connectivity index (χ4v) is 2.72. The zero-order valence-corrected chi connectivity index (χ0v) is 15.8. The first kappa shape index (κ1) is 19.1. The molecule has 0 saturated carbocycles. The SMILES string of the molecule is Cc1cccc(C)c1OCC(=O)N1CCN(C(=O)OC(C)(C)C)CC1. The van der Waals surface area contributed by atoms with Crippen LogP contribution in [0.2, 0.25) is 0 Å². The average molecular weight is 348 g/mol. The molecule has 1 aliphatic rings. The molecular formula is C19H28N2O4. The van der Waals surface area contributed by atoms with Crippen molar-refractivity contribution in [1.29, 1.82) is 0 Å². The van der Waals surface area contributed by atoms with Gasteiger partial charge in [0.15, 0.2) is 6.61 Å². The van der Waals surface area contributed by atoms with E-state index in [0.29, 0.717) is 26.2 Å². The summed E-state index contributed by atoms with van der Waals surface area (Å²) in [5, 5.41) is 0. The Labute approximate surface area is 149 Å². The first-order valence-corrected chi connectivity index (χ1v) is 8.62. The van der Waals surface area contributed by atoms with Crippen molar-refractivity contribution in [3.05, 3.63) is 29.3 Å². The van der Waals surface area contributed by atoms with Gasteiger partial charge < -0.3 is 19.3 Å². The molecule has 6 nitrogen and oxygen atoms in total. The maximum atomic E-state index is 12.4. The topological polar surface area (TPSA) is 59.1 Å². The van der Waals surface area contributed by atoms with Gasteiger partial charge >= 0.3 is 6.09 Å². The molecule has 0 unspecified atom stereocenters. The predicted molar refractivity (Wildman–Crippen MR) is 95.8 cm³/mol. The van der Waals surface area contributed by atoms with E-state index in [4.69, 9.17) is 9.47 Å². The zero-order valence-electron chi connectivity index (χ0n) is 15.8. The summed E-state index contributed by atoms with van der Waals surface area (Å²) in [6.45, 7) is 11.4. The number of nitrogens with zero attached hydrogens (tertiary/aromatic N) is 2. The van der Waals surface area contributed by atoms with Gasteiger partial charge in [-0.15, -0.1) is 0 Å². The molecule has 1 aromatic rings. The number of carbonyl (C=O) groups excluding carboxylic acids is 2. The third kappa shape index (κ3) is 5.37. The highest BCUT2D eigenvalue weighted by Crippen LogP contribution is 2.22. The smallest absolute Gasteiger partial charge is 0.410 e. The molecule has 0 aromatic heterocycles. The summed E-state index contributed by atoms with van der Waals surface area (Å²) < 4.78 is 11.1. The fraction of sp³-hybridized carbons (Fsp3) is 0.579. The zero-order chi connectivity index (χ0) is 18.6. The summed E-state index contributed by atoms with van der Waals surface area (Å²) in [7, 11) is 0. The number of ether oxygens (including phenoxy) is 2. The van der Waals surface area contributed by atoms with Crippen molar-refractivity contribution < 1.29 is 19.1 Å². The number of hydrogen-bond donors (Lipinski definition) is 0. The van der Waals surface area contributed by atoms with Crippen LogP contribution in [0.3, 0.4) is 0 Å². The highest BCUT2D eigenvalue weighted by Gasteiger charge is 2.27. The molecule has 0 N–H and O–H groups in total. The van der Waals surface area contributed by atoms with Gasteiger partial charge in [0.25, 0.3) is 5.91 Å². The molecule has 0 atom stereocenters. The van der Waals surface area contributed by atoms with Gasteiger partial charge in [0.1, 0.15) is 11.4 Å². The third-order valence-corrected chi connectivity index (χ3v) is 4.03. The van der Waals surface area contributed by atoms with Gasteiger partial charge in [-0.2, -0.15) is 0 Å². The second-order valence-corrected chi connectivity index (χ2v) is 7.36. The lowest BCUT2D eigenvalue weighted by molar-refractivity contribution is -0.135. The molecular weight excluding hydrogens is 320 g/mol. The summed E-state index contributed by atoms with van der Waals surface area (Å²) >= 11 is 0. The van der Waals surface area contributed by atoms with Crippen molar-refractivity contribution in [1.82, 2.24) is 9.80 Å². The van der Waals surface area contributed by atoms with Crippen LogP contribution in [-0.4, -0.2) is 60.2 Å². The Kier molecular flexibility index (Phi) is 5.93. The standard InChI is InChI=1S/C19H28N2O4/c1-14-7-6-8-15(2)17(14)24-13-16(22)20-9-11-21(12-10-20)18(23)25-19(3,4)5/h6-8H,9-13H2,1-5H3. The van der Waals surface area contributed by atoms with Crippen molar-refractivity contribution in [2.75, 3.05) is 32.8 Å². The summed E-state index contributed by atoms with van der Waals surface area (Å²) in [6, 6.07) is 5.90. The van der Waals surface area contributed by atoms with Gasteiger partial charge in [0.2, 0.25) is 0 Å². The third-order valence-electron chi connectivity index (χ3n) is 4.03. The molecule has 0 bridgehead atoms. The number of hydrogen-bond acceptors (Lipinski definition) is 4. The molecule has 6 heteroatoms. The molecule has 1 aromatic carbocycles. The number of piperazine rings is 1. The lowest BCUT2D eigenvalue weighted by atomic mass is 10.1. The Bertz CT molecular complexity index is 609. The van der Waals surface area contributed by atoms with Gasteiger partial charge in [-0.3, -0.25) is 4.79 Å². The molecule has 0 spiro atoms. The maximum absolute atomic E-state index is 12.4. The van der Waals surface area contributed by atoms with Crippen LogP contribution in [-0.2, 0) is 9.53 Å². The van der Waals surface area contributed by atoms with Crippen LogP contribution in [0.5, 0.6) is 5.75 Å². The van der Waals surface area contributed by atoms with Gasteiger partial charge in [-0.1, -0.05) is 18.2 Å². The first-order valence-electron chi connectivity index (χ1n) is 8.62. The molecule has 2 rings (SSSR count). The van der Waals surface area contributed by atoms with E-state index < -0.39 is 5.60 Å². The van der Waals surface area contributed by atoms with Crippen molar-refractivity contribution in [2.24, 2.45) is 0 Å². The molecule has 0 radical (unpaired) electrons. The highest BCUT2D eigenvalue weighted by molar-refractivity contribution is 5.78. The molecule has 1 aliphatic heterocycles. The Balaban J connectivity index is 1.82. The second kappa shape index (κ2) is 7.76. The molecule has 138 valence electrons. The molecule has 1 heterocycles. The van der Waals surface area contributed by atoms with Gasteiger partial charge in [-0.25, -0.2) is 4.79 Å². The second-order valence-electron chi connectivity index (χ2n) is 7.36. The Morgan fingerprint density at radius 2 is 1.52 bits per heavy atom. The van der Waals surface area contributed by atoms with Crippen LogP contribution in [0.1, 0.15) is 31.9 Å². The summed E-state index contributed by atoms with van der Waals surface area (Å²) in [5.41, 5.74) is 1.52. The Morgan fingerprint density at radius 1 is 1.00 bits per heavy atom. The van der Waals surface area contributed by atoms with Gasteiger partial charge in [0, 0.05) is 26.2 Å². The van der Waals surface area contributed by atoms with E-state index in [1.54, 1.807) is 9.80 Å². The summed E-state index contributed by atoms with van der Waals surface area (Å²) in [6.07, 6.45) is -0.327. The van der Waals surface area contributed by atoms with E-state index in [1.807, 2.05) is 52.8 Å². The van der Waals surface area contributed by atoms with Gasteiger partial charge in [-0.05, 0) is 45.7 Å². The minimum atomic E-state index is -0.511. The Morgan fingerprint density at radius 3 is 2.04 bits per heavy atom. The van der Waals surface area contributed by atoms with Crippen molar-refractivity contribution in [3.63, 3.8) is 0 Å². The van der Waals surface area contributed by atoms with Crippen LogP contribution < -0.4 is 4.74 Å². The number of aryl methyl sites for hydroxylation is 2. The predicted octanol–water partition coefficient (Wildman–Crippen LogP) is 2.76. The number of rotatable bonds is 3. The normalized spacial score (nSPS) is 15.1. The Hall–Kier alpha value is -2.24. The fourth-order valence-electron chi connectivity index (χ4n) is 2.72. The monoisotopic (exact) mass is 348 g/mol. The maximum Gasteiger partial charge on any atom is 0.410 e. The van der Waals surface area contributed by atoms with E-state index >= 15 is 0 Å². The van der Waals surface area contributed by atoms with E-state index in [-0.39, 0.29) is 18.6 Å². The molecule has 25 heavy (non-hydrogen) atoms. The lowest BCUT2D eigenvalue weighted by Gasteiger charge is -2.35. The van der Waals surface area contributed by atoms with E-state index in [0.717, 1.165) is 16.9 Å². The average Bonchev–Trinajstić information content (AvgIpc) is 2.52. The van der Waals surface area contributed by atoms with Crippen molar-refractivity contribution in [2.45, 2.75) is 40.2 Å². The highest BCUT2D eigenvalue weighted by atomic mass is 16.6. The van der Waals surface area contributed by atoms with Gasteiger partial charge in [0.05, 0.1) is 0 Å². The lowest BCUT2D eigenvalue weighted by Crippen LogP contribution is -2.52.